The van der Waals surface area contributed by atoms with Gasteiger partial charge in [0.05, 0.1) is 17.1 Å². The first-order valence-electron chi connectivity index (χ1n) is 7.73. The number of carbonyl (C=O) groups is 1. The van der Waals surface area contributed by atoms with Crippen LogP contribution in [0.4, 0.5) is 0 Å². The van der Waals surface area contributed by atoms with Crippen molar-refractivity contribution in [3.05, 3.63) is 41.7 Å². The molecule has 120 valence electrons. The largest absolute Gasteiger partial charge is 0.342 e. The van der Waals surface area contributed by atoms with Crippen molar-refractivity contribution in [2.24, 2.45) is 0 Å². The van der Waals surface area contributed by atoms with Gasteiger partial charge in [-0.3, -0.25) is 4.79 Å². The van der Waals surface area contributed by atoms with Crippen molar-refractivity contribution >= 4 is 16.9 Å². The molecule has 1 amide bonds. The Bertz CT molecular complexity index is 834. The average Bonchev–Trinajstić information content (AvgIpc) is 3.11. The number of hydrogen-bond donors (Lipinski definition) is 2. The summed E-state index contributed by atoms with van der Waals surface area (Å²) >= 11 is 0. The Labute approximate surface area is 134 Å². The highest BCUT2D eigenvalue weighted by Gasteiger charge is 2.17. The van der Waals surface area contributed by atoms with Gasteiger partial charge in [-0.25, -0.2) is 14.6 Å². The van der Waals surface area contributed by atoms with Gasteiger partial charge in [0.15, 0.2) is 0 Å². The molecule has 1 aromatic carbocycles. The summed E-state index contributed by atoms with van der Waals surface area (Å²) in [6.45, 7) is 6.67. The molecule has 0 radical (unpaired) electrons. The summed E-state index contributed by atoms with van der Waals surface area (Å²) in [5.41, 5.74) is 2.31. The number of rotatable bonds is 5. The summed E-state index contributed by atoms with van der Waals surface area (Å²) < 4.78 is 1.83. The van der Waals surface area contributed by atoms with E-state index in [1.807, 2.05) is 30.7 Å². The van der Waals surface area contributed by atoms with Crippen molar-refractivity contribution in [1.29, 1.82) is 0 Å². The van der Waals surface area contributed by atoms with Crippen LogP contribution in [0.5, 0.6) is 0 Å². The number of amides is 1. The maximum atomic E-state index is 12.5. The topological polar surface area (TPSA) is 88.5 Å². The standard InChI is InChI=1S/C16H20N6O/c1-4-7-22-15(17-9-18-22)10(2)19-16(23)12-5-6-13-14(8-12)21-11(3)20-13/h5-6,8-10H,4,7H2,1-3H3,(H,19,23)(H,20,21). The molecule has 3 rings (SSSR count). The lowest BCUT2D eigenvalue weighted by atomic mass is 10.1. The number of fused-ring (bicyclic) bond motifs is 1. The number of H-pyrrole nitrogens is 1. The minimum atomic E-state index is -0.212. The van der Waals surface area contributed by atoms with Gasteiger partial charge in [0.1, 0.15) is 18.0 Å². The molecule has 1 unspecified atom stereocenters. The van der Waals surface area contributed by atoms with E-state index in [1.54, 1.807) is 6.07 Å². The summed E-state index contributed by atoms with van der Waals surface area (Å²) in [5, 5.41) is 7.16. The number of benzene rings is 1. The van der Waals surface area contributed by atoms with E-state index in [4.69, 9.17) is 0 Å². The SMILES string of the molecule is CCCn1ncnc1C(C)NC(=O)c1ccc2nc(C)[nH]c2c1. The molecule has 0 bridgehead atoms. The molecular weight excluding hydrogens is 292 g/mol. The molecule has 0 saturated carbocycles. The molecule has 2 heterocycles. The first-order chi connectivity index (χ1) is 11.1. The molecule has 0 spiro atoms. The van der Waals surface area contributed by atoms with Gasteiger partial charge in [-0.1, -0.05) is 6.92 Å². The number of nitrogens with one attached hydrogen (secondary N) is 2. The molecule has 1 atom stereocenters. The zero-order chi connectivity index (χ0) is 16.4. The third-order valence-corrected chi connectivity index (χ3v) is 3.68. The van der Waals surface area contributed by atoms with Gasteiger partial charge >= 0.3 is 0 Å². The molecule has 2 aromatic heterocycles. The second kappa shape index (κ2) is 6.20. The van der Waals surface area contributed by atoms with Crippen LogP contribution in [-0.2, 0) is 6.54 Å². The number of hydrogen-bond acceptors (Lipinski definition) is 4. The van der Waals surface area contributed by atoms with Crippen LogP contribution in [0.2, 0.25) is 0 Å². The third-order valence-electron chi connectivity index (χ3n) is 3.68. The fourth-order valence-electron chi connectivity index (χ4n) is 2.62. The summed E-state index contributed by atoms with van der Waals surface area (Å²) in [6.07, 6.45) is 2.49. The molecule has 0 aliphatic heterocycles. The van der Waals surface area contributed by atoms with Gasteiger partial charge in [-0.05, 0) is 38.5 Å². The molecule has 0 aliphatic rings. The molecule has 0 aliphatic carbocycles. The van der Waals surface area contributed by atoms with Crippen molar-refractivity contribution in [3.63, 3.8) is 0 Å². The van der Waals surface area contributed by atoms with E-state index in [0.29, 0.717) is 5.56 Å². The van der Waals surface area contributed by atoms with Crippen LogP contribution in [0.25, 0.3) is 11.0 Å². The lowest BCUT2D eigenvalue weighted by Gasteiger charge is -2.14. The number of imidazole rings is 1. The van der Waals surface area contributed by atoms with Crippen LogP contribution in [0.15, 0.2) is 24.5 Å². The van der Waals surface area contributed by atoms with E-state index >= 15 is 0 Å². The Morgan fingerprint density at radius 2 is 2.26 bits per heavy atom. The highest BCUT2D eigenvalue weighted by Crippen LogP contribution is 2.15. The smallest absolute Gasteiger partial charge is 0.251 e. The van der Waals surface area contributed by atoms with E-state index in [1.165, 1.54) is 6.33 Å². The van der Waals surface area contributed by atoms with E-state index < -0.39 is 0 Å². The fourth-order valence-corrected chi connectivity index (χ4v) is 2.62. The average molecular weight is 312 g/mol. The van der Waals surface area contributed by atoms with Gasteiger partial charge in [-0.2, -0.15) is 5.10 Å². The van der Waals surface area contributed by atoms with Gasteiger partial charge in [0.2, 0.25) is 0 Å². The number of nitrogens with zero attached hydrogens (tertiary/aromatic N) is 4. The van der Waals surface area contributed by atoms with Crippen LogP contribution in [-0.4, -0.2) is 30.6 Å². The van der Waals surface area contributed by atoms with Gasteiger partial charge in [-0.15, -0.1) is 0 Å². The van der Waals surface area contributed by atoms with E-state index in [9.17, 15) is 4.79 Å². The zero-order valence-electron chi connectivity index (χ0n) is 13.5. The Morgan fingerprint density at radius 1 is 1.43 bits per heavy atom. The van der Waals surface area contributed by atoms with Gasteiger partial charge in [0.25, 0.3) is 5.91 Å². The Balaban J connectivity index is 1.77. The second-order valence-electron chi connectivity index (χ2n) is 5.59. The normalized spacial score (nSPS) is 12.5. The highest BCUT2D eigenvalue weighted by molar-refractivity contribution is 5.97. The molecule has 23 heavy (non-hydrogen) atoms. The first kappa shape index (κ1) is 15.2. The first-order valence-corrected chi connectivity index (χ1v) is 7.73. The summed E-state index contributed by atoms with van der Waals surface area (Å²) in [6, 6.07) is 5.23. The predicted octanol–water partition coefficient (Wildman–Crippen LogP) is 2.36. The number of aromatic amines is 1. The van der Waals surface area contributed by atoms with Crippen LogP contribution >= 0.6 is 0 Å². The molecule has 0 saturated heterocycles. The minimum absolute atomic E-state index is 0.141. The second-order valence-corrected chi connectivity index (χ2v) is 5.59. The number of carbonyl (C=O) groups excluding carboxylic acids is 1. The Hall–Kier alpha value is -2.70. The summed E-state index contributed by atoms with van der Waals surface area (Å²) in [5.74, 6) is 1.45. The van der Waals surface area contributed by atoms with Gasteiger partial charge < -0.3 is 10.3 Å². The van der Waals surface area contributed by atoms with Crippen LogP contribution < -0.4 is 5.32 Å². The Kier molecular flexibility index (Phi) is 4.10. The van der Waals surface area contributed by atoms with Gasteiger partial charge in [0, 0.05) is 12.1 Å². The van der Waals surface area contributed by atoms with E-state index in [0.717, 1.165) is 35.6 Å². The van der Waals surface area contributed by atoms with Crippen molar-refractivity contribution in [2.75, 3.05) is 0 Å². The summed E-state index contributed by atoms with van der Waals surface area (Å²) in [4.78, 5) is 24.2. The number of aryl methyl sites for hydroxylation is 2. The molecular formula is C16H20N6O. The predicted molar refractivity (Wildman–Crippen MR) is 87.0 cm³/mol. The fraction of sp³-hybridized carbons (Fsp3) is 0.375. The van der Waals surface area contributed by atoms with E-state index in [2.05, 4.69) is 32.3 Å². The molecule has 7 nitrogen and oxygen atoms in total. The van der Waals surface area contributed by atoms with Crippen molar-refractivity contribution < 1.29 is 4.79 Å². The minimum Gasteiger partial charge on any atom is -0.342 e. The lowest BCUT2D eigenvalue weighted by Crippen LogP contribution is -2.29. The van der Waals surface area contributed by atoms with Crippen LogP contribution in [0.3, 0.4) is 0 Å². The Morgan fingerprint density at radius 3 is 3.04 bits per heavy atom. The maximum absolute atomic E-state index is 12.5. The third kappa shape index (κ3) is 3.08. The van der Waals surface area contributed by atoms with Crippen LogP contribution in [0, 0.1) is 6.92 Å². The van der Waals surface area contributed by atoms with Crippen LogP contribution in [0.1, 0.15) is 48.3 Å². The zero-order valence-corrected chi connectivity index (χ0v) is 13.5. The van der Waals surface area contributed by atoms with Crippen molar-refractivity contribution in [3.8, 4) is 0 Å². The molecule has 0 fully saturated rings. The molecule has 2 N–H and O–H groups in total. The highest BCUT2D eigenvalue weighted by atomic mass is 16.1. The molecule has 7 heteroatoms. The van der Waals surface area contributed by atoms with Crippen molar-refractivity contribution in [2.45, 2.75) is 39.8 Å². The van der Waals surface area contributed by atoms with E-state index in [-0.39, 0.29) is 11.9 Å². The quantitative estimate of drug-likeness (QED) is 0.757. The lowest BCUT2D eigenvalue weighted by molar-refractivity contribution is 0.0937. The monoisotopic (exact) mass is 312 g/mol. The maximum Gasteiger partial charge on any atom is 0.251 e. The molecule has 3 aromatic rings. The summed E-state index contributed by atoms with van der Waals surface area (Å²) in [7, 11) is 0. The van der Waals surface area contributed by atoms with Crippen molar-refractivity contribution in [1.82, 2.24) is 30.0 Å². The number of aromatic nitrogens is 5.